The van der Waals surface area contributed by atoms with Crippen molar-refractivity contribution in [1.82, 2.24) is 9.97 Å². The lowest BCUT2D eigenvalue weighted by Crippen LogP contribution is -2.35. The zero-order chi connectivity index (χ0) is 21.5. The van der Waals surface area contributed by atoms with Gasteiger partial charge in [0.2, 0.25) is 18.1 Å². The third-order valence-electron chi connectivity index (χ3n) is 4.87. The summed E-state index contributed by atoms with van der Waals surface area (Å²) in [6.45, 7) is 5.61. The van der Waals surface area contributed by atoms with Gasteiger partial charge in [-0.05, 0) is 50.1 Å². The number of benzene rings is 2. The van der Waals surface area contributed by atoms with Gasteiger partial charge in [0.05, 0.1) is 16.6 Å². The number of ether oxygens (including phenoxy) is 1. The van der Waals surface area contributed by atoms with Crippen LogP contribution >= 0.6 is 0 Å². The largest absolute Gasteiger partial charge is 0.446 e. The third-order valence-corrected chi connectivity index (χ3v) is 6.20. The summed E-state index contributed by atoms with van der Waals surface area (Å²) in [4.78, 5) is 8.64. The van der Waals surface area contributed by atoms with Gasteiger partial charge in [0, 0.05) is 17.3 Å². The maximum absolute atomic E-state index is 12.9. The minimum Gasteiger partial charge on any atom is -0.446 e. The molecule has 0 fully saturated rings. The number of hydrogen-bond acceptors (Lipinski definition) is 7. The molecule has 9 heteroatoms. The molecule has 3 N–H and O–H groups in total. The van der Waals surface area contributed by atoms with E-state index in [1.54, 1.807) is 25.1 Å². The zero-order valence-corrected chi connectivity index (χ0v) is 17.6. The highest BCUT2D eigenvalue weighted by Crippen LogP contribution is 2.30. The standard InChI is InChI=1S/C21H22N4O4S/c1-12-6-4-7-13(2)19(12)17-11-18-24-21(23-17)25-30(27,28)16-9-5-8-15(10-16)22-14(3)20(26)29-18/h4-11,14,20,22,26H,1-3H3,(H,23,24,25)/t14-,20-/m1/s1. The topological polar surface area (TPSA) is 113 Å². The number of aromatic nitrogens is 2. The Hall–Kier alpha value is -3.17. The molecule has 3 aromatic rings. The van der Waals surface area contributed by atoms with E-state index < -0.39 is 22.4 Å². The van der Waals surface area contributed by atoms with E-state index in [4.69, 9.17) is 4.74 Å². The van der Waals surface area contributed by atoms with Crippen molar-refractivity contribution < 1.29 is 18.3 Å². The maximum Gasteiger partial charge on any atom is 0.264 e. The molecule has 0 radical (unpaired) electrons. The molecule has 0 spiro atoms. The lowest BCUT2D eigenvalue weighted by molar-refractivity contribution is -0.0301. The lowest BCUT2D eigenvalue weighted by Gasteiger charge is -2.23. The molecule has 4 bridgehead atoms. The van der Waals surface area contributed by atoms with Crippen LogP contribution in [0.2, 0.25) is 0 Å². The van der Waals surface area contributed by atoms with E-state index in [1.807, 2.05) is 32.0 Å². The van der Waals surface area contributed by atoms with E-state index >= 15 is 0 Å². The summed E-state index contributed by atoms with van der Waals surface area (Å²) in [5, 5.41) is 13.5. The second-order valence-electron chi connectivity index (χ2n) is 7.26. The Balaban J connectivity index is 1.89. The van der Waals surface area contributed by atoms with E-state index in [-0.39, 0.29) is 16.7 Å². The van der Waals surface area contributed by atoms with Crippen LogP contribution in [0.5, 0.6) is 5.88 Å². The van der Waals surface area contributed by atoms with Crippen molar-refractivity contribution in [2.45, 2.75) is 38.0 Å². The summed E-state index contributed by atoms with van der Waals surface area (Å²) in [5.74, 6) is -0.0744. The number of nitrogens with zero attached hydrogens (tertiary/aromatic N) is 2. The highest BCUT2D eigenvalue weighted by atomic mass is 32.2. The summed E-state index contributed by atoms with van der Waals surface area (Å²) in [5.41, 5.74) is 3.82. The average Bonchev–Trinajstić information content (AvgIpc) is 2.67. The van der Waals surface area contributed by atoms with Gasteiger partial charge in [-0.2, -0.15) is 4.98 Å². The van der Waals surface area contributed by atoms with E-state index in [2.05, 4.69) is 20.0 Å². The molecule has 0 saturated carbocycles. The molecule has 0 amide bonds. The quantitative estimate of drug-likeness (QED) is 0.548. The number of anilines is 2. The van der Waals surface area contributed by atoms with Crippen LogP contribution in [0.3, 0.4) is 0 Å². The van der Waals surface area contributed by atoms with Crippen LogP contribution in [0, 0.1) is 13.8 Å². The first-order valence-electron chi connectivity index (χ1n) is 9.43. The van der Waals surface area contributed by atoms with Gasteiger partial charge in [-0.25, -0.2) is 18.1 Å². The minimum absolute atomic E-state index is 0.0540. The number of rotatable bonds is 1. The Bertz CT molecular complexity index is 1190. The highest BCUT2D eigenvalue weighted by molar-refractivity contribution is 7.92. The Kier molecular flexibility index (Phi) is 5.08. The number of aryl methyl sites for hydroxylation is 2. The molecule has 0 saturated heterocycles. The molecule has 2 atom stereocenters. The number of hydrogen-bond donors (Lipinski definition) is 3. The summed E-state index contributed by atoms with van der Waals surface area (Å²) in [6.07, 6.45) is -1.22. The number of nitrogens with one attached hydrogen (secondary N) is 2. The van der Waals surface area contributed by atoms with Crippen LogP contribution in [0.15, 0.2) is 53.4 Å². The Labute approximate surface area is 175 Å². The predicted molar refractivity (Wildman–Crippen MR) is 114 cm³/mol. The van der Waals surface area contributed by atoms with Crippen LogP contribution in [-0.2, 0) is 10.0 Å². The van der Waals surface area contributed by atoms with Crippen LogP contribution < -0.4 is 14.8 Å². The van der Waals surface area contributed by atoms with Crippen molar-refractivity contribution in [3.8, 4) is 17.1 Å². The van der Waals surface area contributed by atoms with Crippen molar-refractivity contribution in [1.29, 1.82) is 0 Å². The molecule has 2 heterocycles. The van der Waals surface area contributed by atoms with Crippen molar-refractivity contribution in [3.63, 3.8) is 0 Å². The van der Waals surface area contributed by atoms with Gasteiger partial charge in [-0.3, -0.25) is 0 Å². The van der Waals surface area contributed by atoms with Crippen LogP contribution in [0.1, 0.15) is 18.1 Å². The normalized spacial score (nSPS) is 20.0. The fourth-order valence-electron chi connectivity index (χ4n) is 3.37. The minimum atomic E-state index is -3.93. The van der Waals surface area contributed by atoms with E-state index in [9.17, 15) is 13.5 Å². The Morgan fingerprint density at radius 1 is 1.03 bits per heavy atom. The van der Waals surface area contributed by atoms with Crippen molar-refractivity contribution >= 4 is 21.7 Å². The monoisotopic (exact) mass is 426 g/mol. The van der Waals surface area contributed by atoms with Gasteiger partial charge in [0.1, 0.15) is 0 Å². The first-order valence-corrected chi connectivity index (χ1v) is 10.9. The first-order chi connectivity index (χ1) is 14.2. The smallest absolute Gasteiger partial charge is 0.264 e. The Morgan fingerprint density at radius 3 is 2.47 bits per heavy atom. The molecule has 0 aliphatic carbocycles. The van der Waals surface area contributed by atoms with Crippen LogP contribution in [0.25, 0.3) is 11.3 Å². The molecule has 156 valence electrons. The zero-order valence-electron chi connectivity index (χ0n) is 16.7. The summed E-state index contributed by atoms with van der Waals surface area (Å²) >= 11 is 0. The summed E-state index contributed by atoms with van der Waals surface area (Å²) in [6, 6.07) is 13.2. The van der Waals surface area contributed by atoms with Gasteiger partial charge in [-0.15, -0.1) is 0 Å². The summed E-state index contributed by atoms with van der Waals surface area (Å²) in [7, 11) is -3.93. The first kappa shape index (κ1) is 20.1. The number of aliphatic hydroxyl groups excluding tert-OH is 1. The lowest BCUT2D eigenvalue weighted by atomic mass is 10.00. The molecule has 8 nitrogen and oxygen atoms in total. The number of aliphatic hydroxyl groups is 1. The molecule has 2 aromatic carbocycles. The molecule has 4 rings (SSSR count). The SMILES string of the molecule is Cc1cccc(C)c1-c1cc2nc(n1)NS(=O)(=O)c1cccc(c1)N[C@H](C)[C@H](O)O2. The van der Waals surface area contributed by atoms with Crippen molar-refractivity contribution in [2.75, 3.05) is 10.0 Å². The average molecular weight is 426 g/mol. The van der Waals surface area contributed by atoms with Gasteiger partial charge in [-0.1, -0.05) is 24.3 Å². The van der Waals surface area contributed by atoms with Gasteiger partial charge in [0.25, 0.3) is 10.0 Å². The molecular formula is C21H22N4O4S. The Morgan fingerprint density at radius 2 is 1.73 bits per heavy atom. The molecular weight excluding hydrogens is 404 g/mol. The maximum atomic E-state index is 12.9. The van der Waals surface area contributed by atoms with Gasteiger partial charge in [0.15, 0.2) is 0 Å². The van der Waals surface area contributed by atoms with Crippen molar-refractivity contribution in [3.05, 3.63) is 59.7 Å². The van der Waals surface area contributed by atoms with Gasteiger partial charge < -0.3 is 15.2 Å². The van der Waals surface area contributed by atoms with E-state index in [0.717, 1.165) is 16.7 Å². The molecule has 1 aromatic heterocycles. The van der Waals surface area contributed by atoms with Crippen molar-refractivity contribution in [2.24, 2.45) is 0 Å². The molecule has 30 heavy (non-hydrogen) atoms. The molecule has 1 aliphatic heterocycles. The molecule has 0 unspecified atom stereocenters. The van der Waals surface area contributed by atoms with E-state index in [1.165, 1.54) is 12.1 Å². The highest BCUT2D eigenvalue weighted by Gasteiger charge is 2.23. The van der Waals surface area contributed by atoms with Crippen LogP contribution in [-0.4, -0.2) is 35.8 Å². The fourth-order valence-corrected chi connectivity index (χ4v) is 4.36. The fraction of sp³-hybridized carbons (Fsp3) is 0.238. The number of fused-ring (bicyclic) bond motifs is 4. The van der Waals surface area contributed by atoms with Crippen LogP contribution in [0.4, 0.5) is 11.6 Å². The summed E-state index contributed by atoms with van der Waals surface area (Å²) < 4.78 is 33.9. The third kappa shape index (κ3) is 3.94. The predicted octanol–water partition coefficient (Wildman–Crippen LogP) is 3.07. The van der Waals surface area contributed by atoms with Gasteiger partial charge >= 0.3 is 0 Å². The van der Waals surface area contributed by atoms with E-state index in [0.29, 0.717) is 11.4 Å². The second-order valence-corrected chi connectivity index (χ2v) is 8.94. The second kappa shape index (κ2) is 7.58. The molecule has 1 aliphatic rings. The number of sulfonamides is 1.